The molecule has 2 atom stereocenters. The van der Waals surface area contributed by atoms with Gasteiger partial charge in [0.15, 0.2) is 9.84 Å². The van der Waals surface area contributed by atoms with Crippen LogP contribution in [0.3, 0.4) is 0 Å². The Morgan fingerprint density at radius 1 is 1.12 bits per heavy atom. The second-order valence-electron chi connectivity index (χ2n) is 6.69. The van der Waals surface area contributed by atoms with Crippen molar-refractivity contribution in [1.82, 2.24) is 4.90 Å². The molecule has 0 spiro atoms. The molecular formula is C17H25ClN2O3S. The number of benzene rings is 1. The van der Waals surface area contributed by atoms with Gasteiger partial charge in [-0.25, -0.2) is 8.42 Å². The summed E-state index contributed by atoms with van der Waals surface area (Å²) >= 11 is 0. The molecule has 1 saturated carbocycles. The van der Waals surface area contributed by atoms with E-state index in [1.165, 1.54) is 0 Å². The Bertz CT molecular complexity index is 660. The van der Waals surface area contributed by atoms with Crippen molar-refractivity contribution in [2.45, 2.75) is 42.9 Å². The molecule has 2 N–H and O–H groups in total. The van der Waals surface area contributed by atoms with E-state index in [1.54, 1.807) is 4.90 Å². The highest BCUT2D eigenvalue weighted by Crippen LogP contribution is 2.28. The van der Waals surface area contributed by atoms with E-state index in [-0.39, 0.29) is 41.3 Å². The van der Waals surface area contributed by atoms with E-state index in [1.807, 2.05) is 30.3 Å². The Hall–Kier alpha value is -1.11. The van der Waals surface area contributed by atoms with Gasteiger partial charge in [0.1, 0.15) is 5.75 Å². The van der Waals surface area contributed by atoms with Gasteiger partial charge in [-0.3, -0.25) is 4.79 Å². The summed E-state index contributed by atoms with van der Waals surface area (Å²) in [5.41, 5.74) is 7.29. The molecule has 7 heteroatoms. The number of sulfone groups is 1. The van der Waals surface area contributed by atoms with E-state index in [0.29, 0.717) is 25.9 Å². The highest BCUT2D eigenvalue weighted by atomic mass is 35.5. The van der Waals surface area contributed by atoms with Crippen LogP contribution in [0.4, 0.5) is 0 Å². The Balaban J connectivity index is 0.00000208. The molecule has 0 radical (unpaired) electrons. The fourth-order valence-electron chi connectivity index (χ4n) is 3.71. The molecule has 3 rings (SSSR count). The molecule has 1 aromatic carbocycles. The van der Waals surface area contributed by atoms with Crippen LogP contribution in [0.25, 0.3) is 0 Å². The van der Waals surface area contributed by atoms with Gasteiger partial charge in [-0.05, 0) is 18.4 Å². The van der Waals surface area contributed by atoms with Crippen LogP contribution >= 0.6 is 12.4 Å². The lowest BCUT2D eigenvalue weighted by molar-refractivity contribution is -0.127. The summed E-state index contributed by atoms with van der Waals surface area (Å²) in [7, 11) is -3.33. The first-order chi connectivity index (χ1) is 11.0. The van der Waals surface area contributed by atoms with Crippen LogP contribution in [0.2, 0.25) is 0 Å². The van der Waals surface area contributed by atoms with Crippen molar-refractivity contribution in [1.29, 1.82) is 0 Å². The predicted octanol–water partition coefficient (Wildman–Crippen LogP) is 1.72. The molecule has 1 aromatic rings. The highest BCUT2D eigenvalue weighted by molar-refractivity contribution is 7.92. The van der Waals surface area contributed by atoms with E-state index in [2.05, 4.69) is 0 Å². The molecule has 1 aliphatic carbocycles. The Kier molecular flexibility index (Phi) is 6.28. The maximum absolute atomic E-state index is 12.4. The number of hydrogen-bond donors (Lipinski definition) is 1. The molecule has 0 bridgehead atoms. The van der Waals surface area contributed by atoms with Gasteiger partial charge in [-0.1, -0.05) is 43.2 Å². The second-order valence-corrected chi connectivity index (χ2v) is 8.97. The van der Waals surface area contributed by atoms with Gasteiger partial charge in [0, 0.05) is 25.0 Å². The molecule has 1 amide bonds. The fourth-order valence-corrected chi connectivity index (χ4v) is 5.53. The SMILES string of the molecule is Cl.N[C@@H]1CN(C(=O)CS(=O)(=O)C2CCCC2)C[C@H]1c1ccccc1. The third-order valence-corrected chi connectivity index (χ3v) is 7.22. The number of nitrogens with two attached hydrogens (primary N) is 1. The van der Waals surface area contributed by atoms with E-state index < -0.39 is 9.84 Å². The van der Waals surface area contributed by atoms with Crippen molar-refractivity contribution >= 4 is 28.2 Å². The first-order valence-electron chi connectivity index (χ1n) is 8.27. The molecule has 134 valence electrons. The summed E-state index contributed by atoms with van der Waals surface area (Å²) in [6.45, 7) is 0.933. The molecule has 24 heavy (non-hydrogen) atoms. The quantitative estimate of drug-likeness (QED) is 0.872. The van der Waals surface area contributed by atoms with E-state index >= 15 is 0 Å². The summed E-state index contributed by atoms with van der Waals surface area (Å²) in [5.74, 6) is -0.591. The number of likely N-dealkylation sites (tertiary alicyclic amines) is 1. The molecule has 2 fully saturated rings. The molecule has 1 aliphatic heterocycles. The van der Waals surface area contributed by atoms with E-state index in [4.69, 9.17) is 5.73 Å². The monoisotopic (exact) mass is 372 g/mol. The van der Waals surface area contributed by atoms with Gasteiger partial charge >= 0.3 is 0 Å². The number of rotatable bonds is 4. The number of amides is 1. The number of hydrogen-bond acceptors (Lipinski definition) is 4. The summed E-state index contributed by atoms with van der Waals surface area (Å²) < 4.78 is 24.7. The lowest BCUT2D eigenvalue weighted by Gasteiger charge is -2.18. The zero-order chi connectivity index (χ0) is 16.4. The summed E-state index contributed by atoms with van der Waals surface area (Å²) in [4.78, 5) is 14.1. The average Bonchev–Trinajstić information content (AvgIpc) is 3.17. The van der Waals surface area contributed by atoms with Crippen molar-refractivity contribution in [3.63, 3.8) is 0 Å². The van der Waals surface area contributed by atoms with Crippen LogP contribution in [0.5, 0.6) is 0 Å². The van der Waals surface area contributed by atoms with Gasteiger partial charge in [0.2, 0.25) is 5.91 Å². The summed E-state index contributed by atoms with van der Waals surface area (Å²) in [6.07, 6.45) is 3.29. The van der Waals surface area contributed by atoms with Crippen LogP contribution in [-0.4, -0.2) is 49.4 Å². The van der Waals surface area contributed by atoms with Crippen molar-refractivity contribution in [3.8, 4) is 0 Å². The van der Waals surface area contributed by atoms with Gasteiger partial charge in [-0.15, -0.1) is 12.4 Å². The van der Waals surface area contributed by atoms with Crippen molar-refractivity contribution in [2.24, 2.45) is 5.73 Å². The minimum atomic E-state index is -3.33. The highest BCUT2D eigenvalue weighted by Gasteiger charge is 2.37. The van der Waals surface area contributed by atoms with Crippen LogP contribution in [0.15, 0.2) is 30.3 Å². The van der Waals surface area contributed by atoms with E-state index in [9.17, 15) is 13.2 Å². The number of nitrogens with zero attached hydrogens (tertiary/aromatic N) is 1. The first kappa shape index (κ1) is 19.2. The van der Waals surface area contributed by atoms with Gasteiger partial charge in [0.25, 0.3) is 0 Å². The lowest BCUT2D eigenvalue weighted by Crippen LogP contribution is -2.38. The lowest BCUT2D eigenvalue weighted by atomic mass is 9.95. The number of carbonyl (C=O) groups excluding carboxylic acids is 1. The number of halogens is 1. The number of carbonyl (C=O) groups is 1. The zero-order valence-electron chi connectivity index (χ0n) is 13.6. The van der Waals surface area contributed by atoms with Gasteiger partial charge in [0.05, 0.1) is 5.25 Å². The molecule has 5 nitrogen and oxygen atoms in total. The minimum absolute atomic E-state index is 0. The zero-order valence-corrected chi connectivity index (χ0v) is 15.3. The van der Waals surface area contributed by atoms with Crippen LogP contribution in [0, 0.1) is 0 Å². The average molecular weight is 373 g/mol. The van der Waals surface area contributed by atoms with Crippen molar-refractivity contribution in [3.05, 3.63) is 35.9 Å². The molecule has 1 saturated heterocycles. The second kappa shape index (κ2) is 7.85. The van der Waals surface area contributed by atoms with E-state index in [0.717, 1.165) is 18.4 Å². The predicted molar refractivity (Wildman–Crippen MR) is 97.0 cm³/mol. The molecule has 0 unspecified atom stereocenters. The largest absolute Gasteiger partial charge is 0.340 e. The van der Waals surface area contributed by atoms with Crippen molar-refractivity contribution in [2.75, 3.05) is 18.8 Å². The first-order valence-corrected chi connectivity index (χ1v) is 9.99. The Labute approximate surface area is 149 Å². The molecule has 1 heterocycles. The maximum atomic E-state index is 12.4. The topological polar surface area (TPSA) is 80.5 Å². The summed E-state index contributed by atoms with van der Waals surface area (Å²) in [6, 6.07) is 9.73. The van der Waals surface area contributed by atoms with Crippen LogP contribution in [-0.2, 0) is 14.6 Å². The fraction of sp³-hybridized carbons (Fsp3) is 0.588. The third kappa shape index (κ3) is 4.10. The van der Waals surface area contributed by atoms with Crippen molar-refractivity contribution < 1.29 is 13.2 Å². The minimum Gasteiger partial charge on any atom is -0.340 e. The molecule has 2 aliphatic rings. The van der Waals surface area contributed by atoms with Crippen LogP contribution < -0.4 is 5.73 Å². The maximum Gasteiger partial charge on any atom is 0.237 e. The standard InChI is InChI=1S/C17H24N2O3S.ClH/c18-16-11-19(10-15(16)13-6-2-1-3-7-13)17(20)12-23(21,22)14-8-4-5-9-14;/h1-3,6-7,14-16H,4-5,8-12,18H2;1H/t15-,16+;/m0./s1. The summed E-state index contributed by atoms with van der Waals surface area (Å²) in [5, 5.41) is -0.326. The van der Waals surface area contributed by atoms with Gasteiger partial charge < -0.3 is 10.6 Å². The Morgan fingerprint density at radius 3 is 2.38 bits per heavy atom. The normalized spacial score (nSPS) is 24.8. The molecular weight excluding hydrogens is 348 g/mol. The third-order valence-electron chi connectivity index (χ3n) is 5.08. The van der Waals surface area contributed by atoms with Gasteiger partial charge in [-0.2, -0.15) is 0 Å². The smallest absolute Gasteiger partial charge is 0.237 e. The van der Waals surface area contributed by atoms with Crippen LogP contribution in [0.1, 0.15) is 37.2 Å². The Morgan fingerprint density at radius 2 is 1.75 bits per heavy atom. The molecule has 0 aromatic heterocycles.